The Kier molecular flexibility index (Phi) is 5.11. The summed E-state index contributed by atoms with van der Waals surface area (Å²) in [5, 5.41) is 0. The zero-order valence-electron chi connectivity index (χ0n) is 14.2. The summed E-state index contributed by atoms with van der Waals surface area (Å²) < 4.78 is 5.17. The number of methoxy groups -OCH3 is 1. The number of ether oxygens (including phenoxy) is 1. The van der Waals surface area contributed by atoms with Gasteiger partial charge in [0.1, 0.15) is 5.75 Å². The summed E-state index contributed by atoms with van der Waals surface area (Å²) in [7, 11) is 1.66. The second kappa shape index (κ2) is 7.45. The predicted octanol–water partition coefficient (Wildman–Crippen LogP) is 2.24. The number of carbonyl (C=O) groups is 1. The number of aryl methyl sites for hydroxylation is 1. The monoisotopic (exact) mass is 325 g/mol. The summed E-state index contributed by atoms with van der Waals surface area (Å²) in [6.07, 6.45) is 3.68. The highest BCUT2D eigenvalue weighted by atomic mass is 16.5. The van der Waals surface area contributed by atoms with Crippen molar-refractivity contribution in [3.8, 4) is 5.75 Å². The average molecular weight is 325 g/mol. The molecule has 1 aromatic heterocycles. The van der Waals surface area contributed by atoms with Crippen molar-refractivity contribution in [2.45, 2.75) is 20.0 Å². The van der Waals surface area contributed by atoms with Crippen LogP contribution in [0.15, 0.2) is 42.7 Å². The highest BCUT2D eigenvalue weighted by molar-refractivity contribution is 5.79. The number of aromatic nitrogens is 1. The fourth-order valence-electron chi connectivity index (χ4n) is 2.93. The van der Waals surface area contributed by atoms with Crippen LogP contribution in [-0.2, 0) is 17.9 Å². The number of benzene rings is 1. The van der Waals surface area contributed by atoms with E-state index < -0.39 is 0 Å². The van der Waals surface area contributed by atoms with Crippen LogP contribution >= 0.6 is 0 Å². The fourth-order valence-corrected chi connectivity index (χ4v) is 2.93. The molecule has 1 saturated heterocycles. The van der Waals surface area contributed by atoms with Gasteiger partial charge in [-0.3, -0.25) is 14.7 Å². The molecule has 0 bridgehead atoms. The molecule has 1 aliphatic rings. The Morgan fingerprint density at radius 1 is 1.12 bits per heavy atom. The van der Waals surface area contributed by atoms with Crippen molar-refractivity contribution >= 4 is 5.91 Å². The molecular formula is C19H23N3O2. The van der Waals surface area contributed by atoms with Gasteiger partial charge >= 0.3 is 0 Å². The lowest BCUT2D eigenvalue weighted by Gasteiger charge is -2.34. The molecule has 0 atom stereocenters. The minimum atomic E-state index is 0.184. The zero-order valence-corrected chi connectivity index (χ0v) is 14.2. The van der Waals surface area contributed by atoms with Crippen molar-refractivity contribution in [1.82, 2.24) is 14.8 Å². The topological polar surface area (TPSA) is 45.7 Å². The van der Waals surface area contributed by atoms with Crippen LogP contribution < -0.4 is 4.74 Å². The molecule has 1 amide bonds. The Labute approximate surface area is 142 Å². The Balaban J connectivity index is 1.57. The number of hydrogen-bond acceptors (Lipinski definition) is 4. The minimum absolute atomic E-state index is 0.184. The van der Waals surface area contributed by atoms with Crippen LogP contribution in [0.3, 0.4) is 0 Å². The number of nitrogens with zero attached hydrogens (tertiary/aromatic N) is 3. The second-order valence-electron chi connectivity index (χ2n) is 6.18. The van der Waals surface area contributed by atoms with Gasteiger partial charge in [-0.15, -0.1) is 0 Å². The average Bonchev–Trinajstić information content (AvgIpc) is 2.60. The third-order valence-electron chi connectivity index (χ3n) is 4.46. The normalized spacial score (nSPS) is 15.6. The molecule has 3 rings (SSSR count). The lowest BCUT2D eigenvalue weighted by atomic mass is 10.1. The number of amides is 1. The van der Waals surface area contributed by atoms with E-state index in [0.717, 1.165) is 30.9 Å². The molecule has 5 nitrogen and oxygen atoms in total. The molecule has 5 heteroatoms. The van der Waals surface area contributed by atoms with Crippen LogP contribution in [0.25, 0.3) is 0 Å². The molecule has 24 heavy (non-hydrogen) atoms. The van der Waals surface area contributed by atoms with Crippen molar-refractivity contribution in [3.05, 3.63) is 59.4 Å². The number of carbonyl (C=O) groups excluding carboxylic acids is 1. The van der Waals surface area contributed by atoms with E-state index in [1.165, 1.54) is 11.1 Å². The summed E-state index contributed by atoms with van der Waals surface area (Å²) >= 11 is 0. The molecule has 1 aliphatic heterocycles. The largest absolute Gasteiger partial charge is 0.497 e. The van der Waals surface area contributed by atoms with Gasteiger partial charge in [0.2, 0.25) is 5.91 Å². The first-order valence-corrected chi connectivity index (χ1v) is 8.18. The molecule has 0 saturated carbocycles. The maximum Gasteiger partial charge on any atom is 0.237 e. The molecule has 1 aromatic carbocycles. The standard InChI is InChI=1S/C19H23N3O2/c1-15-11-20-8-7-17(15)13-21-9-10-22(19(23)14-21)12-16-3-5-18(24-2)6-4-16/h3-8,11H,9-10,12-14H2,1-2H3. The van der Waals surface area contributed by atoms with Crippen molar-refractivity contribution < 1.29 is 9.53 Å². The minimum Gasteiger partial charge on any atom is -0.497 e. The summed E-state index contributed by atoms with van der Waals surface area (Å²) in [6.45, 7) is 5.64. The summed E-state index contributed by atoms with van der Waals surface area (Å²) in [6, 6.07) is 9.92. The van der Waals surface area contributed by atoms with Gasteiger partial charge in [0.15, 0.2) is 0 Å². The second-order valence-corrected chi connectivity index (χ2v) is 6.18. The molecule has 0 N–H and O–H groups in total. The van der Waals surface area contributed by atoms with Gasteiger partial charge in [-0.05, 0) is 41.8 Å². The van der Waals surface area contributed by atoms with E-state index in [2.05, 4.69) is 16.8 Å². The molecule has 0 radical (unpaired) electrons. The maximum absolute atomic E-state index is 12.5. The van der Waals surface area contributed by atoms with E-state index in [9.17, 15) is 4.79 Å². The molecule has 0 aliphatic carbocycles. The number of rotatable bonds is 5. The maximum atomic E-state index is 12.5. The van der Waals surface area contributed by atoms with Crippen molar-refractivity contribution in [2.75, 3.05) is 26.7 Å². The molecule has 0 unspecified atom stereocenters. The highest BCUT2D eigenvalue weighted by Crippen LogP contribution is 2.16. The Hall–Kier alpha value is -2.40. The van der Waals surface area contributed by atoms with E-state index in [0.29, 0.717) is 13.1 Å². The first-order chi connectivity index (χ1) is 11.7. The summed E-state index contributed by atoms with van der Waals surface area (Å²) in [5.74, 6) is 1.02. The molecule has 1 fully saturated rings. The molecule has 0 spiro atoms. The predicted molar refractivity (Wildman–Crippen MR) is 92.7 cm³/mol. The first kappa shape index (κ1) is 16.5. The van der Waals surface area contributed by atoms with Crippen LogP contribution in [0.5, 0.6) is 5.75 Å². The molecular weight excluding hydrogens is 302 g/mol. The number of hydrogen-bond donors (Lipinski definition) is 0. The lowest BCUT2D eigenvalue weighted by molar-refractivity contribution is -0.136. The zero-order chi connectivity index (χ0) is 16.9. The van der Waals surface area contributed by atoms with Gasteiger partial charge in [0.05, 0.1) is 13.7 Å². The van der Waals surface area contributed by atoms with Gasteiger partial charge in [0.25, 0.3) is 0 Å². The van der Waals surface area contributed by atoms with E-state index in [4.69, 9.17) is 4.74 Å². The van der Waals surface area contributed by atoms with E-state index in [-0.39, 0.29) is 5.91 Å². The number of piperazine rings is 1. The van der Waals surface area contributed by atoms with E-state index >= 15 is 0 Å². The van der Waals surface area contributed by atoms with Crippen molar-refractivity contribution in [2.24, 2.45) is 0 Å². The SMILES string of the molecule is COc1ccc(CN2CCN(Cc3ccncc3C)CC2=O)cc1. The van der Waals surface area contributed by atoms with Crippen LogP contribution in [0, 0.1) is 6.92 Å². The quantitative estimate of drug-likeness (QED) is 0.846. The van der Waals surface area contributed by atoms with Crippen LogP contribution in [-0.4, -0.2) is 47.4 Å². The Bertz CT molecular complexity index is 700. The van der Waals surface area contributed by atoms with E-state index in [1.54, 1.807) is 7.11 Å². The third kappa shape index (κ3) is 3.92. The smallest absolute Gasteiger partial charge is 0.237 e. The van der Waals surface area contributed by atoms with Crippen molar-refractivity contribution in [1.29, 1.82) is 0 Å². The third-order valence-corrected chi connectivity index (χ3v) is 4.46. The van der Waals surface area contributed by atoms with Crippen LogP contribution in [0.1, 0.15) is 16.7 Å². The Morgan fingerprint density at radius 2 is 1.92 bits per heavy atom. The first-order valence-electron chi connectivity index (χ1n) is 8.18. The van der Waals surface area contributed by atoms with Gasteiger partial charge in [-0.1, -0.05) is 12.1 Å². The highest BCUT2D eigenvalue weighted by Gasteiger charge is 2.24. The van der Waals surface area contributed by atoms with Crippen molar-refractivity contribution in [3.63, 3.8) is 0 Å². The van der Waals surface area contributed by atoms with Gasteiger partial charge in [-0.25, -0.2) is 0 Å². The van der Waals surface area contributed by atoms with Gasteiger partial charge in [0, 0.05) is 38.6 Å². The van der Waals surface area contributed by atoms with Gasteiger partial charge < -0.3 is 9.64 Å². The molecule has 126 valence electrons. The van der Waals surface area contributed by atoms with Gasteiger partial charge in [-0.2, -0.15) is 0 Å². The summed E-state index contributed by atoms with van der Waals surface area (Å²) in [5.41, 5.74) is 3.54. The summed E-state index contributed by atoms with van der Waals surface area (Å²) in [4.78, 5) is 20.7. The molecule has 2 aromatic rings. The van der Waals surface area contributed by atoms with Crippen LogP contribution in [0.2, 0.25) is 0 Å². The lowest BCUT2D eigenvalue weighted by Crippen LogP contribution is -2.49. The molecule has 2 heterocycles. The van der Waals surface area contributed by atoms with E-state index in [1.807, 2.05) is 47.6 Å². The Morgan fingerprint density at radius 3 is 2.58 bits per heavy atom. The van der Waals surface area contributed by atoms with Crippen LogP contribution in [0.4, 0.5) is 0 Å². The fraction of sp³-hybridized carbons (Fsp3) is 0.368. The number of pyridine rings is 1.